The summed E-state index contributed by atoms with van der Waals surface area (Å²) in [4.78, 5) is 12.5. The molecule has 0 spiro atoms. The molecule has 0 aromatic heterocycles. The van der Waals surface area contributed by atoms with Gasteiger partial charge in [0.2, 0.25) is 0 Å². The van der Waals surface area contributed by atoms with Crippen molar-refractivity contribution in [2.24, 2.45) is 10.2 Å². The molecule has 0 radical (unpaired) electrons. The minimum atomic E-state index is -0.470. The van der Waals surface area contributed by atoms with Crippen LogP contribution in [0.4, 0.5) is 0 Å². The van der Waals surface area contributed by atoms with Crippen molar-refractivity contribution in [2.75, 3.05) is 6.54 Å². The van der Waals surface area contributed by atoms with E-state index in [1.807, 2.05) is 30.3 Å². The summed E-state index contributed by atoms with van der Waals surface area (Å²) in [6.07, 6.45) is 0. The highest BCUT2D eigenvalue weighted by Crippen LogP contribution is 2.30. The maximum absolute atomic E-state index is 12.5. The van der Waals surface area contributed by atoms with Crippen LogP contribution in [0.3, 0.4) is 0 Å². The van der Waals surface area contributed by atoms with E-state index in [4.69, 9.17) is 0 Å². The largest absolute Gasteiger partial charge is 0.508 e. The van der Waals surface area contributed by atoms with Crippen LogP contribution in [0.5, 0.6) is 5.75 Å². The van der Waals surface area contributed by atoms with Gasteiger partial charge in [-0.15, -0.1) is 0 Å². The lowest BCUT2D eigenvalue weighted by atomic mass is 9.88. The van der Waals surface area contributed by atoms with Gasteiger partial charge in [0.1, 0.15) is 11.8 Å². The van der Waals surface area contributed by atoms with Crippen molar-refractivity contribution in [3.8, 4) is 5.75 Å². The summed E-state index contributed by atoms with van der Waals surface area (Å²) in [6, 6.07) is 15.6. The molecule has 1 heterocycles. The van der Waals surface area contributed by atoms with E-state index in [0.29, 0.717) is 12.1 Å². The van der Waals surface area contributed by atoms with Crippen molar-refractivity contribution in [2.45, 2.75) is 12.0 Å². The van der Waals surface area contributed by atoms with Crippen LogP contribution in [0, 0.1) is 0 Å². The summed E-state index contributed by atoms with van der Waals surface area (Å²) in [6.45, 7) is 0.508. The fourth-order valence-electron chi connectivity index (χ4n) is 2.42. The second-order valence-electron chi connectivity index (χ2n) is 4.81. The summed E-state index contributed by atoms with van der Waals surface area (Å²) in [5.41, 5.74) is 1.63. The normalized spacial score (nSPS) is 21.0. The highest BCUT2D eigenvalue weighted by atomic mass is 16.3. The first-order valence-corrected chi connectivity index (χ1v) is 6.50. The van der Waals surface area contributed by atoms with Crippen LogP contribution < -0.4 is 0 Å². The summed E-state index contributed by atoms with van der Waals surface area (Å²) < 4.78 is 0. The number of aromatic hydroxyl groups is 1. The Balaban J connectivity index is 1.87. The Morgan fingerprint density at radius 2 is 1.75 bits per heavy atom. The van der Waals surface area contributed by atoms with E-state index < -0.39 is 6.04 Å². The predicted molar refractivity (Wildman–Crippen MR) is 75.1 cm³/mol. The molecule has 2 atom stereocenters. The molecule has 1 N–H and O–H groups in total. The van der Waals surface area contributed by atoms with Crippen LogP contribution in [0.1, 0.15) is 21.8 Å². The van der Waals surface area contributed by atoms with Gasteiger partial charge in [-0.1, -0.05) is 42.5 Å². The maximum atomic E-state index is 12.5. The SMILES string of the molecule is O=C(c1ccccc1)[C@H]1N=NC[C@H]1c1ccc(O)cc1. The minimum Gasteiger partial charge on any atom is -0.508 e. The summed E-state index contributed by atoms with van der Waals surface area (Å²) in [7, 11) is 0. The number of rotatable bonds is 3. The lowest BCUT2D eigenvalue weighted by molar-refractivity contribution is 0.0956. The van der Waals surface area contributed by atoms with Gasteiger partial charge in [-0.05, 0) is 17.7 Å². The monoisotopic (exact) mass is 266 g/mol. The third-order valence-electron chi connectivity index (χ3n) is 3.51. The van der Waals surface area contributed by atoms with Gasteiger partial charge in [0.05, 0.1) is 6.54 Å². The molecule has 1 aliphatic heterocycles. The van der Waals surface area contributed by atoms with E-state index in [1.165, 1.54) is 0 Å². The first-order valence-electron chi connectivity index (χ1n) is 6.50. The average Bonchev–Trinajstić information content (AvgIpc) is 2.97. The molecule has 0 fully saturated rings. The Morgan fingerprint density at radius 1 is 1.05 bits per heavy atom. The number of carbonyl (C=O) groups is 1. The summed E-state index contributed by atoms with van der Waals surface area (Å²) in [5.74, 6) is 0.153. The number of benzene rings is 2. The van der Waals surface area contributed by atoms with Crippen molar-refractivity contribution < 1.29 is 9.90 Å². The van der Waals surface area contributed by atoms with Crippen molar-refractivity contribution in [1.29, 1.82) is 0 Å². The molecule has 20 heavy (non-hydrogen) atoms. The highest BCUT2D eigenvalue weighted by molar-refractivity contribution is 6.01. The molecule has 3 rings (SSSR count). The molecule has 0 saturated heterocycles. The van der Waals surface area contributed by atoms with Crippen LogP contribution >= 0.6 is 0 Å². The third kappa shape index (κ3) is 2.32. The zero-order valence-electron chi connectivity index (χ0n) is 10.8. The van der Waals surface area contributed by atoms with Gasteiger partial charge in [0.25, 0.3) is 0 Å². The van der Waals surface area contributed by atoms with Crippen LogP contribution in [-0.2, 0) is 0 Å². The number of phenolic OH excluding ortho intramolecular Hbond substituents is 1. The molecule has 0 aliphatic carbocycles. The van der Waals surface area contributed by atoms with Crippen molar-refractivity contribution in [1.82, 2.24) is 0 Å². The van der Waals surface area contributed by atoms with Crippen LogP contribution in [0.25, 0.3) is 0 Å². The van der Waals surface area contributed by atoms with Crippen LogP contribution in [0.15, 0.2) is 64.8 Å². The molecular formula is C16H14N2O2. The van der Waals surface area contributed by atoms with Gasteiger partial charge in [0.15, 0.2) is 5.78 Å². The zero-order chi connectivity index (χ0) is 13.9. The predicted octanol–water partition coefficient (Wildman–Crippen LogP) is 3.19. The molecule has 0 unspecified atom stereocenters. The molecular weight excluding hydrogens is 252 g/mol. The van der Waals surface area contributed by atoms with E-state index in [9.17, 15) is 9.90 Å². The van der Waals surface area contributed by atoms with Gasteiger partial charge in [-0.3, -0.25) is 4.79 Å². The number of Topliss-reactive ketones (excluding diaryl/α,β-unsaturated/α-hetero) is 1. The molecule has 2 aromatic rings. The average molecular weight is 266 g/mol. The van der Waals surface area contributed by atoms with Crippen LogP contribution in [0.2, 0.25) is 0 Å². The van der Waals surface area contributed by atoms with E-state index in [-0.39, 0.29) is 17.5 Å². The topological polar surface area (TPSA) is 62.0 Å². The van der Waals surface area contributed by atoms with Gasteiger partial charge < -0.3 is 5.11 Å². The minimum absolute atomic E-state index is 0.00933. The van der Waals surface area contributed by atoms with E-state index in [2.05, 4.69) is 10.2 Å². The second-order valence-corrected chi connectivity index (χ2v) is 4.81. The Hall–Kier alpha value is -2.49. The van der Waals surface area contributed by atoms with Crippen molar-refractivity contribution >= 4 is 5.78 Å². The van der Waals surface area contributed by atoms with Gasteiger partial charge in [-0.2, -0.15) is 10.2 Å². The highest BCUT2D eigenvalue weighted by Gasteiger charge is 2.33. The smallest absolute Gasteiger partial charge is 0.189 e. The number of nitrogens with zero attached hydrogens (tertiary/aromatic N) is 2. The van der Waals surface area contributed by atoms with Gasteiger partial charge >= 0.3 is 0 Å². The van der Waals surface area contributed by atoms with E-state index >= 15 is 0 Å². The number of hydrogen-bond acceptors (Lipinski definition) is 4. The molecule has 4 heteroatoms. The lowest BCUT2D eigenvalue weighted by Gasteiger charge is -2.15. The molecule has 0 saturated carbocycles. The van der Waals surface area contributed by atoms with E-state index in [0.717, 1.165) is 5.56 Å². The molecule has 0 bridgehead atoms. The van der Waals surface area contributed by atoms with E-state index in [1.54, 1.807) is 24.3 Å². The number of ketones is 1. The number of azo groups is 1. The first kappa shape index (κ1) is 12.5. The molecule has 1 aliphatic rings. The number of hydrogen-bond donors (Lipinski definition) is 1. The lowest BCUT2D eigenvalue weighted by Crippen LogP contribution is -2.24. The van der Waals surface area contributed by atoms with Gasteiger partial charge in [0, 0.05) is 11.5 Å². The maximum Gasteiger partial charge on any atom is 0.189 e. The first-order chi connectivity index (χ1) is 9.75. The van der Waals surface area contributed by atoms with Crippen LogP contribution in [-0.4, -0.2) is 23.5 Å². The Kier molecular flexibility index (Phi) is 3.29. The molecule has 2 aromatic carbocycles. The van der Waals surface area contributed by atoms with Crippen molar-refractivity contribution in [3.63, 3.8) is 0 Å². The third-order valence-corrected chi connectivity index (χ3v) is 3.51. The molecule has 4 nitrogen and oxygen atoms in total. The zero-order valence-corrected chi connectivity index (χ0v) is 10.8. The Morgan fingerprint density at radius 3 is 2.45 bits per heavy atom. The Bertz CT molecular complexity index is 635. The molecule has 0 amide bonds. The standard InChI is InChI=1S/C16H14N2O2/c19-13-8-6-11(7-9-13)14-10-17-18-15(14)16(20)12-4-2-1-3-5-12/h1-9,14-15,19H,10H2/t14-,15-/m0/s1. The fourth-order valence-corrected chi connectivity index (χ4v) is 2.42. The quantitative estimate of drug-likeness (QED) is 0.867. The second kappa shape index (κ2) is 5.25. The summed E-state index contributed by atoms with van der Waals surface area (Å²) >= 11 is 0. The molecule has 100 valence electrons. The van der Waals surface area contributed by atoms with Gasteiger partial charge in [-0.25, -0.2) is 0 Å². The number of phenols is 1. The summed E-state index contributed by atoms with van der Waals surface area (Å²) in [5, 5.41) is 17.5. The number of carbonyl (C=O) groups excluding carboxylic acids is 1. The Labute approximate surface area is 116 Å². The van der Waals surface area contributed by atoms with Crippen molar-refractivity contribution in [3.05, 3.63) is 65.7 Å². The fraction of sp³-hybridized carbons (Fsp3) is 0.188.